The summed E-state index contributed by atoms with van der Waals surface area (Å²) in [5.74, 6) is -0.150. The van der Waals surface area contributed by atoms with E-state index in [2.05, 4.69) is 31.9 Å². The number of carbonyl (C=O) groups is 1. The molecule has 0 unspecified atom stereocenters. The number of anilines is 1. The summed E-state index contributed by atoms with van der Waals surface area (Å²) in [5.41, 5.74) is 0.738. The lowest BCUT2D eigenvalue weighted by molar-refractivity contribution is -0.115. The molecule has 0 aliphatic carbocycles. The number of carbonyl (C=O) groups excluding carboxylic acids is 1. The Kier molecular flexibility index (Phi) is 6.41. The van der Waals surface area contributed by atoms with Crippen molar-refractivity contribution in [2.45, 2.75) is 18.9 Å². The summed E-state index contributed by atoms with van der Waals surface area (Å²) in [6.07, 6.45) is 2.37. The molecule has 1 amide bonds. The summed E-state index contributed by atoms with van der Waals surface area (Å²) in [7, 11) is 0. The highest BCUT2D eigenvalue weighted by Crippen LogP contribution is 2.20. The van der Waals surface area contributed by atoms with Gasteiger partial charge in [0.15, 0.2) is 5.11 Å². The molecule has 1 saturated heterocycles. The van der Waals surface area contributed by atoms with E-state index in [9.17, 15) is 4.79 Å². The van der Waals surface area contributed by atoms with Crippen molar-refractivity contribution in [2.75, 3.05) is 25.0 Å². The average molecular weight is 372 g/mol. The van der Waals surface area contributed by atoms with Gasteiger partial charge in [0.1, 0.15) is 0 Å². The van der Waals surface area contributed by atoms with Crippen molar-refractivity contribution in [3.05, 3.63) is 28.7 Å². The minimum atomic E-state index is -0.150. The van der Waals surface area contributed by atoms with Crippen LogP contribution in [0.4, 0.5) is 5.69 Å². The zero-order valence-corrected chi connectivity index (χ0v) is 13.9. The summed E-state index contributed by atoms with van der Waals surface area (Å²) in [6, 6.07) is 7.45. The zero-order chi connectivity index (χ0) is 15.1. The fraction of sp³-hybridized carbons (Fsp3) is 0.429. The van der Waals surface area contributed by atoms with E-state index in [1.165, 1.54) is 0 Å². The monoisotopic (exact) mass is 371 g/mol. The molecule has 1 aliphatic heterocycles. The van der Waals surface area contributed by atoms with E-state index in [-0.39, 0.29) is 18.6 Å². The van der Waals surface area contributed by atoms with E-state index < -0.39 is 0 Å². The number of hydrogen-bond donors (Lipinski definition) is 3. The van der Waals surface area contributed by atoms with E-state index in [0.29, 0.717) is 11.7 Å². The van der Waals surface area contributed by atoms with Gasteiger partial charge >= 0.3 is 0 Å². The van der Waals surface area contributed by atoms with Gasteiger partial charge in [-0.3, -0.25) is 4.79 Å². The molecule has 3 N–H and O–H groups in total. The number of benzene rings is 1. The van der Waals surface area contributed by atoms with Gasteiger partial charge in [0, 0.05) is 17.6 Å². The molecule has 1 atom stereocenters. The molecule has 1 aliphatic rings. The Balaban J connectivity index is 1.66. The normalized spacial score (nSPS) is 17.3. The minimum absolute atomic E-state index is 0.124. The first-order valence-corrected chi connectivity index (χ1v) is 8.03. The molecule has 0 aromatic heterocycles. The molecular weight excluding hydrogens is 354 g/mol. The third kappa shape index (κ3) is 5.61. The van der Waals surface area contributed by atoms with Crippen molar-refractivity contribution in [1.29, 1.82) is 0 Å². The molecule has 0 saturated carbocycles. The first kappa shape index (κ1) is 16.2. The first-order valence-electron chi connectivity index (χ1n) is 6.83. The maximum Gasteiger partial charge on any atom is 0.243 e. The molecule has 21 heavy (non-hydrogen) atoms. The van der Waals surface area contributed by atoms with Crippen LogP contribution in [0, 0.1) is 0 Å². The lowest BCUT2D eigenvalue weighted by Gasteiger charge is -2.14. The van der Waals surface area contributed by atoms with Crippen molar-refractivity contribution in [3.8, 4) is 0 Å². The third-order valence-electron chi connectivity index (χ3n) is 3.07. The van der Waals surface area contributed by atoms with Gasteiger partial charge < -0.3 is 20.7 Å². The summed E-state index contributed by atoms with van der Waals surface area (Å²) in [4.78, 5) is 11.8. The number of rotatable bonds is 5. The van der Waals surface area contributed by atoms with Crippen LogP contribution in [0.25, 0.3) is 0 Å². The molecule has 0 spiro atoms. The SMILES string of the molecule is O=C(CNC(=S)NC[C@@H]1CCCO1)Nc1ccccc1Br. The molecule has 1 heterocycles. The van der Waals surface area contributed by atoms with Gasteiger partial charge in [0.25, 0.3) is 0 Å². The molecule has 1 fully saturated rings. The van der Waals surface area contributed by atoms with E-state index in [1.807, 2.05) is 24.3 Å². The Hall–Kier alpha value is -1.18. The van der Waals surface area contributed by atoms with E-state index in [4.69, 9.17) is 17.0 Å². The summed E-state index contributed by atoms with van der Waals surface area (Å²) >= 11 is 8.51. The molecule has 0 bridgehead atoms. The highest BCUT2D eigenvalue weighted by molar-refractivity contribution is 9.10. The molecule has 0 radical (unpaired) electrons. The maximum atomic E-state index is 11.8. The van der Waals surface area contributed by atoms with Crippen LogP contribution in [-0.4, -0.2) is 36.8 Å². The summed E-state index contributed by atoms with van der Waals surface area (Å²) in [6.45, 7) is 1.62. The Morgan fingerprint density at radius 3 is 2.90 bits per heavy atom. The Bertz CT molecular complexity index is 507. The zero-order valence-electron chi connectivity index (χ0n) is 11.5. The van der Waals surface area contributed by atoms with Crippen LogP contribution in [0.5, 0.6) is 0 Å². The van der Waals surface area contributed by atoms with Gasteiger partial charge in [-0.1, -0.05) is 12.1 Å². The van der Waals surface area contributed by atoms with Gasteiger partial charge in [-0.25, -0.2) is 0 Å². The largest absolute Gasteiger partial charge is 0.376 e. The van der Waals surface area contributed by atoms with Crippen molar-refractivity contribution in [1.82, 2.24) is 10.6 Å². The topological polar surface area (TPSA) is 62.4 Å². The summed E-state index contributed by atoms with van der Waals surface area (Å²) in [5, 5.41) is 9.21. The number of hydrogen-bond acceptors (Lipinski definition) is 3. The van der Waals surface area contributed by atoms with Crippen LogP contribution in [0.1, 0.15) is 12.8 Å². The molecule has 2 rings (SSSR count). The Labute approximate surface area is 137 Å². The van der Waals surface area contributed by atoms with E-state index in [0.717, 1.165) is 29.6 Å². The lowest BCUT2D eigenvalue weighted by atomic mass is 10.2. The molecule has 5 nitrogen and oxygen atoms in total. The van der Waals surface area contributed by atoms with Crippen LogP contribution in [0.3, 0.4) is 0 Å². The number of para-hydroxylation sites is 1. The van der Waals surface area contributed by atoms with Crippen molar-refractivity contribution in [2.24, 2.45) is 0 Å². The number of nitrogens with one attached hydrogen (secondary N) is 3. The minimum Gasteiger partial charge on any atom is -0.376 e. The fourth-order valence-electron chi connectivity index (χ4n) is 1.99. The molecule has 114 valence electrons. The number of halogens is 1. The van der Waals surface area contributed by atoms with Gasteiger partial charge in [-0.2, -0.15) is 0 Å². The Morgan fingerprint density at radius 2 is 2.19 bits per heavy atom. The molecule has 7 heteroatoms. The van der Waals surface area contributed by atoms with Crippen LogP contribution in [0.2, 0.25) is 0 Å². The van der Waals surface area contributed by atoms with Crippen molar-refractivity contribution < 1.29 is 9.53 Å². The second kappa shape index (κ2) is 8.31. The van der Waals surface area contributed by atoms with Gasteiger partial charge in [0.2, 0.25) is 5.91 Å². The van der Waals surface area contributed by atoms with Crippen molar-refractivity contribution >= 4 is 44.9 Å². The van der Waals surface area contributed by atoms with Crippen LogP contribution in [-0.2, 0) is 9.53 Å². The quantitative estimate of drug-likeness (QED) is 0.691. The number of thiocarbonyl (C=S) groups is 1. The summed E-state index contributed by atoms with van der Waals surface area (Å²) < 4.78 is 6.33. The smallest absolute Gasteiger partial charge is 0.243 e. The van der Waals surface area contributed by atoms with Crippen molar-refractivity contribution in [3.63, 3.8) is 0 Å². The third-order valence-corrected chi connectivity index (χ3v) is 4.05. The second-order valence-corrected chi connectivity index (χ2v) is 5.99. The van der Waals surface area contributed by atoms with Gasteiger partial charge in [-0.15, -0.1) is 0 Å². The lowest BCUT2D eigenvalue weighted by Crippen LogP contribution is -2.42. The molecule has 1 aromatic carbocycles. The second-order valence-electron chi connectivity index (χ2n) is 4.73. The standard InChI is InChI=1S/C14H18BrN3O2S/c15-11-5-1-2-6-12(11)18-13(19)9-17-14(21)16-8-10-4-3-7-20-10/h1-2,5-6,10H,3-4,7-9H2,(H,18,19)(H2,16,17,21)/t10-/m0/s1. The number of ether oxygens (including phenoxy) is 1. The van der Waals surface area contributed by atoms with Gasteiger partial charge in [0.05, 0.1) is 18.3 Å². The highest BCUT2D eigenvalue weighted by Gasteiger charge is 2.15. The van der Waals surface area contributed by atoms with E-state index >= 15 is 0 Å². The Morgan fingerprint density at radius 1 is 1.38 bits per heavy atom. The highest BCUT2D eigenvalue weighted by atomic mass is 79.9. The average Bonchev–Trinajstić information content (AvgIpc) is 2.99. The van der Waals surface area contributed by atoms with E-state index in [1.54, 1.807) is 0 Å². The molecular formula is C14H18BrN3O2S. The van der Waals surface area contributed by atoms with Crippen LogP contribution >= 0.6 is 28.1 Å². The van der Waals surface area contributed by atoms with Crippen LogP contribution in [0.15, 0.2) is 28.7 Å². The fourth-order valence-corrected chi connectivity index (χ4v) is 2.53. The number of amides is 1. The molecule has 1 aromatic rings. The maximum absolute atomic E-state index is 11.8. The van der Waals surface area contributed by atoms with Crippen LogP contribution < -0.4 is 16.0 Å². The first-order chi connectivity index (χ1) is 10.1. The van der Waals surface area contributed by atoms with Gasteiger partial charge in [-0.05, 0) is 53.1 Å². The predicted octanol–water partition coefficient (Wildman–Crippen LogP) is 2.03. The predicted molar refractivity (Wildman–Crippen MR) is 90.3 cm³/mol.